The van der Waals surface area contributed by atoms with Gasteiger partial charge in [0.1, 0.15) is 0 Å². The van der Waals surface area contributed by atoms with Crippen LogP contribution >= 0.6 is 28.3 Å². The Balaban J connectivity index is 0.000000231. The van der Waals surface area contributed by atoms with Gasteiger partial charge in [0.15, 0.2) is 0 Å². The first kappa shape index (κ1) is 55.6. The number of benzene rings is 3. The van der Waals surface area contributed by atoms with Crippen molar-refractivity contribution >= 4 is 58.9 Å². The first-order chi connectivity index (χ1) is 30.8. The van der Waals surface area contributed by atoms with E-state index in [2.05, 4.69) is 108 Å². The number of carbonyl (C=O) groups is 3. The number of methoxy groups -OCH3 is 3. The van der Waals surface area contributed by atoms with Crippen molar-refractivity contribution in [2.75, 3.05) is 34.4 Å². The lowest BCUT2D eigenvalue weighted by Crippen LogP contribution is -2.41. The van der Waals surface area contributed by atoms with Crippen molar-refractivity contribution < 1.29 is 37.9 Å². The van der Waals surface area contributed by atoms with Crippen LogP contribution in [0.15, 0.2) is 94.9 Å². The molecule has 2 aliphatic heterocycles. The lowest BCUT2D eigenvalue weighted by molar-refractivity contribution is -0.141. The summed E-state index contributed by atoms with van der Waals surface area (Å²) in [5, 5.41) is 3.39. The summed E-state index contributed by atoms with van der Waals surface area (Å²) in [4.78, 5) is 33.3. The van der Waals surface area contributed by atoms with Crippen LogP contribution < -0.4 is 5.32 Å². The Labute approximate surface area is 404 Å². The molecule has 0 saturated carbocycles. The summed E-state index contributed by atoms with van der Waals surface area (Å²) < 4.78 is 27.0. The first-order valence-electron chi connectivity index (χ1n) is 23.3. The highest BCUT2D eigenvalue weighted by Crippen LogP contribution is 2.40. The summed E-state index contributed by atoms with van der Waals surface area (Å²) in [5.41, 5.74) is 8.83. The minimum atomic E-state index is -0.198. The molecule has 2 aliphatic carbocycles. The number of allylic oxidation sites excluding steroid dienone is 4. The molecule has 0 radical (unpaired) electrons. The lowest BCUT2D eigenvalue weighted by Gasteiger charge is -2.32. The van der Waals surface area contributed by atoms with Gasteiger partial charge in [-0.05, 0) is 175 Å². The van der Waals surface area contributed by atoms with Crippen LogP contribution in [0.25, 0.3) is 5.57 Å². The summed E-state index contributed by atoms with van der Waals surface area (Å²) in [6.07, 6.45) is 20.5. The van der Waals surface area contributed by atoms with Crippen molar-refractivity contribution in [3.63, 3.8) is 0 Å². The molecular weight excluding hydrogens is 905 g/mol. The van der Waals surface area contributed by atoms with E-state index in [1.54, 1.807) is 0 Å². The molecule has 2 saturated heterocycles. The molecule has 0 unspecified atom stereocenters. The molecule has 2 heterocycles. The zero-order chi connectivity index (χ0) is 46.4. The van der Waals surface area contributed by atoms with Crippen LogP contribution in [0, 0.1) is 0 Å². The van der Waals surface area contributed by atoms with Crippen LogP contribution in [0.5, 0.6) is 0 Å². The molecule has 0 bridgehead atoms. The maximum Gasteiger partial charge on any atom is 0.490 e. The Morgan fingerprint density at radius 2 is 1.12 bits per heavy atom. The molecule has 1 N–H and O–H groups in total. The van der Waals surface area contributed by atoms with E-state index in [0.29, 0.717) is 31.6 Å². The number of halogens is 2. The zero-order valence-corrected chi connectivity index (χ0v) is 42.4. The number of aryl methyl sites for hydroxylation is 3. The molecule has 356 valence electrons. The van der Waals surface area contributed by atoms with E-state index in [1.807, 2.05) is 30.3 Å². The predicted molar refractivity (Wildman–Crippen MR) is 269 cm³/mol. The highest BCUT2D eigenvalue weighted by molar-refractivity contribution is 9.10. The zero-order valence-electron chi connectivity index (χ0n) is 40.0. The van der Waals surface area contributed by atoms with E-state index < -0.39 is 0 Å². The van der Waals surface area contributed by atoms with Crippen molar-refractivity contribution in [2.24, 2.45) is 0 Å². The summed E-state index contributed by atoms with van der Waals surface area (Å²) in [5.74, 6) is 0.202. The fourth-order valence-electron chi connectivity index (χ4n) is 8.22. The van der Waals surface area contributed by atoms with Crippen molar-refractivity contribution in [2.45, 2.75) is 148 Å². The molecule has 3 aromatic rings. The Bertz CT molecular complexity index is 1980. The standard InChI is InChI=1S/C16H20O2.C15H21NO2.C12H21BO2.C10H11BrO2.ClH/c1-18-16(17)12-11-14-9-5-6-10-15(14)13-7-3-2-4-8-13;1-18-15(17)7-6-12-4-2-3-5-14(12)13-8-10-16-11-9-13;1-11(2)12(3,4)15-13(14-11)10-8-6-5-7-9-10;1-13-10(12)7-6-8-4-2-3-5-9(8)11;/h5-7,9-10H,2-4,8,11-12H2,1H3;2-5,13,16H,6-11H2,1H3;8H,5-7,9H2,1-4H3;2-5H,6-7H2,1H3;1H. The van der Waals surface area contributed by atoms with Crippen LogP contribution in [-0.4, -0.2) is 70.6 Å². The van der Waals surface area contributed by atoms with E-state index in [4.69, 9.17) is 18.8 Å². The number of ether oxygens (including phenoxy) is 3. The molecule has 9 nitrogen and oxygen atoms in total. The quantitative estimate of drug-likeness (QED) is 0.108. The third kappa shape index (κ3) is 18.5. The number of hydrogen-bond donors (Lipinski definition) is 1. The van der Waals surface area contributed by atoms with Crippen LogP contribution in [-0.2, 0) is 57.2 Å². The monoisotopic (exact) mass is 977 g/mol. The number of nitrogens with one attached hydrogen (secondary N) is 1. The highest BCUT2D eigenvalue weighted by atomic mass is 79.9. The molecule has 12 heteroatoms. The molecular formula is C53H74BBrClNO8. The average Bonchev–Trinajstić information content (AvgIpc) is 3.56. The van der Waals surface area contributed by atoms with Gasteiger partial charge in [-0.15, -0.1) is 12.4 Å². The molecule has 7 rings (SSSR count). The van der Waals surface area contributed by atoms with Crippen molar-refractivity contribution in [3.05, 3.63) is 123 Å². The van der Waals surface area contributed by atoms with Gasteiger partial charge in [-0.2, -0.15) is 0 Å². The van der Waals surface area contributed by atoms with Crippen molar-refractivity contribution in [1.29, 1.82) is 0 Å². The van der Waals surface area contributed by atoms with Crippen LogP contribution in [0.3, 0.4) is 0 Å². The molecule has 4 aliphatic rings. The summed E-state index contributed by atoms with van der Waals surface area (Å²) in [6, 6.07) is 24.8. The molecule has 2 fully saturated rings. The van der Waals surface area contributed by atoms with Crippen molar-refractivity contribution in [1.82, 2.24) is 5.32 Å². The molecule has 0 aromatic heterocycles. The van der Waals surface area contributed by atoms with Gasteiger partial charge < -0.3 is 28.8 Å². The minimum absolute atomic E-state index is 0. The van der Waals surface area contributed by atoms with Gasteiger partial charge in [-0.25, -0.2) is 0 Å². The number of carbonyl (C=O) groups excluding carboxylic acids is 3. The van der Waals surface area contributed by atoms with E-state index in [-0.39, 0.29) is 48.6 Å². The number of hydrogen-bond acceptors (Lipinski definition) is 9. The van der Waals surface area contributed by atoms with Gasteiger partial charge in [0.2, 0.25) is 0 Å². The van der Waals surface area contributed by atoms with Crippen molar-refractivity contribution in [3.8, 4) is 0 Å². The van der Waals surface area contributed by atoms with E-state index in [9.17, 15) is 14.4 Å². The highest BCUT2D eigenvalue weighted by Gasteiger charge is 2.52. The topological polar surface area (TPSA) is 109 Å². The van der Waals surface area contributed by atoms with Crippen LogP contribution in [0.4, 0.5) is 0 Å². The van der Waals surface area contributed by atoms with Gasteiger partial charge in [-0.3, -0.25) is 14.4 Å². The molecule has 3 aromatic carbocycles. The van der Waals surface area contributed by atoms with E-state index in [1.165, 1.54) is 106 Å². The molecule has 0 amide bonds. The third-order valence-electron chi connectivity index (χ3n) is 12.8. The minimum Gasteiger partial charge on any atom is -0.469 e. The van der Waals surface area contributed by atoms with Gasteiger partial charge >= 0.3 is 25.0 Å². The maximum atomic E-state index is 11.2. The second kappa shape index (κ2) is 29.1. The Hall–Kier alpha value is -3.74. The Morgan fingerprint density at radius 3 is 1.65 bits per heavy atom. The fourth-order valence-corrected chi connectivity index (χ4v) is 8.70. The van der Waals surface area contributed by atoms with Gasteiger partial charge in [0.25, 0.3) is 0 Å². The van der Waals surface area contributed by atoms with Crippen LogP contribution in [0.1, 0.15) is 145 Å². The average molecular weight is 979 g/mol. The number of rotatable bonds is 12. The normalized spacial score (nSPS) is 17.4. The maximum absolute atomic E-state index is 11.2. The van der Waals surface area contributed by atoms with Crippen LogP contribution in [0.2, 0.25) is 0 Å². The third-order valence-corrected chi connectivity index (χ3v) is 13.6. The summed E-state index contributed by atoms with van der Waals surface area (Å²) in [6.45, 7) is 10.6. The van der Waals surface area contributed by atoms with Gasteiger partial charge in [0.05, 0.1) is 32.5 Å². The lowest BCUT2D eigenvalue weighted by atomic mass is 9.73. The van der Waals surface area contributed by atoms with Gasteiger partial charge in [-0.1, -0.05) is 94.8 Å². The van der Waals surface area contributed by atoms with Gasteiger partial charge in [0, 0.05) is 23.7 Å². The largest absolute Gasteiger partial charge is 0.490 e. The predicted octanol–water partition coefficient (Wildman–Crippen LogP) is 12.1. The number of piperidine rings is 1. The Kier molecular flexibility index (Phi) is 24.9. The molecule has 0 spiro atoms. The number of esters is 3. The first-order valence-corrected chi connectivity index (χ1v) is 24.1. The fraction of sp³-hybridized carbons (Fsp3) is 0.528. The van der Waals surface area contributed by atoms with E-state index >= 15 is 0 Å². The second-order valence-electron chi connectivity index (χ2n) is 17.8. The summed E-state index contributed by atoms with van der Waals surface area (Å²) in [7, 11) is 4.19. The SMILES string of the molecule is CC1(C)OB(C2=CCCCC2)OC1(C)C.COC(=O)CCc1ccccc1Br.COC(=O)CCc1ccccc1C1=CCCCC1.COC(=O)CCc1ccccc1C1CCNCC1.Cl. The van der Waals surface area contributed by atoms with E-state index in [0.717, 1.165) is 48.8 Å². The molecule has 0 atom stereocenters. The summed E-state index contributed by atoms with van der Waals surface area (Å²) >= 11 is 3.42. The second-order valence-corrected chi connectivity index (χ2v) is 18.6. The molecule has 65 heavy (non-hydrogen) atoms. The smallest absolute Gasteiger partial charge is 0.469 e. The Morgan fingerprint density at radius 1 is 0.646 bits per heavy atom.